The van der Waals surface area contributed by atoms with Crippen molar-refractivity contribution >= 4 is 5.91 Å². The normalized spacial score (nSPS) is 19.0. The average molecular weight is 290 g/mol. The van der Waals surface area contributed by atoms with Gasteiger partial charge in [0.15, 0.2) is 0 Å². The smallest absolute Gasteiger partial charge is 0.254 e. The summed E-state index contributed by atoms with van der Waals surface area (Å²) in [5.41, 5.74) is 1.29. The summed E-state index contributed by atoms with van der Waals surface area (Å²) in [4.78, 5) is 14.6. The van der Waals surface area contributed by atoms with E-state index in [2.05, 4.69) is 19.2 Å². The fourth-order valence-electron chi connectivity index (χ4n) is 2.84. The number of rotatable bonds is 4. The molecule has 1 atom stereocenters. The summed E-state index contributed by atoms with van der Waals surface area (Å²) in [5.74, 6) is 0.747. The van der Waals surface area contributed by atoms with Crippen LogP contribution >= 0.6 is 0 Å². The number of phenolic OH excluding ortho intramolecular Hbond substituents is 1. The van der Waals surface area contributed by atoms with Crippen molar-refractivity contribution in [3.05, 3.63) is 29.3 Å². The first kappa shape index (κ1) is 15.8. The fourth-order valence-corrected chi connectivity index (χ4v) is 2.84. The molecule has 1 heterocycles. The molecule has 0 bridgehead atoms. The van der Waals surface area contributed by atoms with Gasteiger partial charge in [-0.2, -0.15) is 0 Å². The first-order valence-electron chi connectivity index (χ1n) is 7.80. The molecule has 1 saturated heterocycles. The number of piperidine rings is 1. The predicted molar refractivity (Wildman–Crippen MR) is 84.6 cm³/mol. The third kappa shape index (κ3) is 3.97. The van der Waals surface area contributed by atoms with Crippen LogP contribution in [-0.4, -0.2) is 41.6 Å². The number of phenols is 1. The Bertz CT molecular complexity index is 500. The first-order chi connectivity index (χ1) is 9.99. The molecule has 1 aliphatic rings. The van der Waals surface area contributed by atoms with E-state index in [4.69, 9.17) is 0 Å². The summed E-state index contributed by atoms with van der Waals surface area (Å²) in [5, 5.41) is 13.2. The number of hydrogen-bond donors (Lipinski definition) is 2. The van der Waals surface area contributed by atoms with E-state index in [0.717, 1.165) is 26.1 Å². The van der Waals surface area contributed by atoms with Crippen molar-refractivity contribution in [1.82, 2.24) is 10.2 Å². The monoisotopic (exact) mass is 290 g/mol. The van der Waals surface area contributed by atoms with Gasteiger partial charge in [-0.1, -0.05) is 19.9 Å². The number of hydrogen-bond acceptors (Lipinski definition) is 3. The second kappa shape index (κ2) is 6.94. The lowest BCUT2D eigenvalue weighted by atomic mass is 9.96. The zero-order valence-electron chi connectivity index (χ0n) is 13.2. The highest BCUT2D eigenvalue weighted by Gasteiger charge is 2.25. The molecule has 2 N–H and O–H groups in total. The van der Waals surface area contributed by atoms with Crippen molar-refractivity contribution < 1.29 is 9.90 Å². The molecule has 0 aliphatic carbocycles. The van der Waals surface area contributed by atoms with Crippen LogP contribution in [0.25, 0.3) is 0 Å². The fraction of sp³-hybridized carbons (Fsp3) is 0.588. The van der Waals surface area contributed by atoms with Crippen LogP contribution in [0.1, 0.15) is 42.6 Å². The molecule has 1 unspecified atom stereocenters. The Morgan fingerprint density at radius 2 is 2.24 bits per heavy atom. The third-order valence-electron chi connectivity index (χ3n) is 4.16. The largest absolute Gasteiger partial charge is 0.508 e. The van der Waals surface area contributed by atoms with E-state index in [1.165, 1.54) is 6.42 Å². The van der Waals surface area contributed by atoms with Crippen molar-refractivity contribution in [3.63, 3.8) is 0 Å². The molecule has 4 nitrogen and oxygen atoms in total. The Morgan fingerprint density at radius 1 is 1.48 bits per heavy atom. The molecule has 21 heavy (non-hydrogen) atoms. The van der Waals surface area contributed by atoms with Gasteiger partial charge in [-0.05, 0) is 44.4 Å². The minimum absolute atomic E-state index is 0.0395. The van der Waals surface area contributed by atoms with E-state index >= 15 is 0 Å². The molecular weight excluding hydrogens is 264 g/mol. The van der Waals surface area contributed by atoms with Gasteiger partial charge in [-0.25, -0.2) is 0 Å². The van der Waals surface area contributed by atoms with E-state index < -0.39 is 0 Å². The summed E-state index contributed by atoms with van der Waals surface area (Å²) in [6, 6.07) is 5.63. The average Bonchev–Trinajstić information content (AvgIpc) is 2.47. The van der Waals surface area contributed by atoms with Gasteiger partial charge in [0.25, 0.3) is 5.91 Å². The highest BCUT2D eigenvalue weighted by Crippen LogP contribution is 2.23. The van der Waals surface area contributed by atoms with Crippen molar-refractivity contribution in [1.29, 1.82) is 0 Å². The second-order valence-corrected chi connectivity index (χ2v) is 6.27. The topological polar surface area (TPSA) is 52.6 Å². The summed E-state index contributed by atoms with van der Waals surface area (Å²) < 4.78 is 0. The molecule has 4 heteroatoms. The molecular formula is C17H26N2O2. The van der Waals surface area contributed by atoms with E-state index in [1.54, 1.807) is 25.1 Å². The number of carbonyl (C=O) groups excluding carboxylic acids is 1. The SMILES string of the molecule is Cc1c(O)cccc1C(=O)N1CCCC(CNC(C)C)C1. The van der Waals surface area contributed by atoms with Gasteiger partial charge in [0.1, 0.15) is 5.75 Å². The molecule has 1 aromatic carbocycles. The highest BCUT2D eigenvalue weighted by atomic mass is 16.3. The van der Waals surface area contributed by atoms with Gasteiger partial charge in [-0.15, -0.1) is 0 Å². The van der Waals surface area contributed by atoms with Crippen molar-refractivity contribution in [2.75, 3.05) is 19.6 Å². The lowest BCUT2D eigenvalue weighted by molar-refractivity contribution is 0.0671. The van der Waals surface area contributed by atoms with Gasteiger partial charge < -0.3 is 15.3 Å². The van der Waals surface area contributed by atoms with Crippen LogP contribution in [0.2, 0.25) is 0 Å². The summed E-state index contributed by atoms with van der Waals surface area (Å²) >= 11 is 0. The number of aromatic hydroxyl groups is 1. The van der Waals surface area contributed by atoms with Crippen LogP contribution in [0.4, 0.5) is 0 Å². The van der Waals surface area contributed by atoms with E-state index in [1.807, 2.05) is 4.90 Å². The Labute approximate surface area is 127 Å². The van der Waals surface area contributed by atoms with Gasteiger partial charge in [0.2, 0.25) is 0 Å². The highest BCUT2D eigenvalue weighted by molar-refractivity contribution is 5.96. The number of carbonyl (C=O) groups is 1. The van der Waals surface area contributed by atoms with Crippen molar-refractivity contribution in [2.45, 2.75) is 39.7 Å². The van der Waals surface area contributed by atoms with Gasteiger partial charge in [0.05, 0.1) is 0 Å². The number of benzene rings is 1. The maximum atomic E-state index is 12.7. The second-order valence-electron chi connectivity index (χ2n) is 6.27. The van der Waals surface area contributed by atoms with Crippen molar-refractivity contribution in [3.8, 4) is 5.75 Å². The van der Waals surface area contributed by atoms with Gasteiger partial charge in [-0.3, -0.25) is 4.79 Å². The number of likely N-dealkylation sites (tertiary alicyclic amines) is 1. The van der Waals surface area contributed by atoms with Crippen LogP contribution in [0.5, 0.6) is 5.75 Å². The van der Waals surface area contributed by atoms with Crippen LogP contribution in [0, 0.1) is 12.8 Å². The quantitative estimate of drug-likeness (QED) is 0.896. The van der Waals surface area contributed by atoms with Gasteiger partial charge in [0, 0.05) is 30.3 Å². The van der Waals surface area contributed by atoms with Crippen LogP contribution in [-0.2, 0) is 0 Å². The van der Waals surface area contributed by atoms with E-state index in [0.29, 0.717) is 23.1 Å². The standard InChI is InChI=1S/C17H26N2O2/c1-12(2)18-10-14-6-5-9-19(11-14)17(21)15-7-4-8-16(20)13(15)3/h4,7-8,12,14,18,20H,5-6,9-11H2,1-3H3. The molecule has 1 amide bonds. The van der Waals surface area contributed by atoms with Crippen molar-refractivity contribution in [2.24, 2.45) is 5.92 Å². The molecule has 1 aliphatic heterocycles. The molecule has 1 aromatic rings. The Kier molecular flexibility index (Phi) is 5.23. The Hall–Kier alpha value is -1.55. The lowest BCUT2D eigenvalue weighted by Gasteiger charge is -2.33. The van der Waals surface area contributed by atoms with E-state index in [9.17, 15) is 9.90 Å². The minimum Gasteiger partial charge on any atom is -0.508 e. The molecule has 0 saturated carbocycles. The van der Waals surface area contributed by atoms with Gasteiger partial charge >= 0.3 is 0 Å². The molecule has 0 aromatic heterocycles. The molecule has 0 radical (unpaired) electrons. The summed E-state index contributed by atoms with van der Waals surface area (Å²) in [6.07, 6.45) is 2.22. The van der Waals surface area contributed by atoms with Crippen LogP contribution < -0.4 is 5.32 Å². The maximum Gasteiger partial charge on any atom is 0.254 e. The molecule has 2 rings (SSSR count). The van der Waals surface area contributed by atoms with Crippen LogP contribution in [0.15, 0.2) is 18.2 Å². The third-order valence-corrected chi connectivity index (χ3v) is 4.16. The lowest BCUT2D eigenvalue weighted by Crippen LogP contribution is -2.43. The number of nitrogens with zero attached hydrogens (tertiary/aromatic N) is 1. The first-order valence-corrected chi connectivity index (χ1v) is 7.80. The molecule has 1 fully saturated rings. The maximum absolute atomic E-state index is 12.7. The number of nitrogens with one attached hydrogen (secondary N) is 1. The van der Waals surface area contributed by atoms with E-state index in [-0.39, 0.29) is 11.7 Å². The zero-order valence-corrected chi connectivity index (χ0v) is 13.2. The minimum atomic E-state index is 0.0395. The Morgan fingerprint density at radius 3 is 2.95 bits per heavy atom. The molecule has 116 valence electrons. The predicted octanol–water partition coefficient (Wildman–Crippen LogP) is 2.55. The summed E-state index contributed by atoms with van der Waals surface area (Å²) in [7, 11) is 0. The number of amides is 1. The summed E-state index contributed by atoms with van der Waals surface area (Å²) in [6.45, 7) is 8.65. The Balaban J connectivity index is 2.03. The van der Waals surface area contributed by atoms with Crippen LogP contribution in [0.3, 0.4) is 0 Å². The molecule has 0 spiro atoms. The zero-order chi connectivity index (χ0) is 15.4.